The lowest BCUT2D eigenvalue weighted by Crippen LogP contribution is -2.03. The molecule has 0 unspecified atom stereocenters. The number of rotatable bonds is 2. The fraction of sp³-hybridized carbons (Fsp3) is 0.333. The highest BCUT2D eigenvalue weighted by Gasteiger charge is 2.04. The summed E-state index contributed by atoms with van der Waals surface area (Å²) >= 11 is 0. The fourth-order valence-electron chi connectivity index (χ4n) is 1.41. The van der Waals surface area contributed by atoms with Crippen molar-refractivity contribution in [2.75, 3.05) is 0 Å². The van der Waals surface area contributed by atoms with Crippen molar-refractivity contribution in [3.05, 3.63) is 28.8 Å². The minimum atomic E-state index is 0.713. The summed E-state index contributed by atoms with van der Waals surface area (Å²) in [4.78, 5) is 0. The average Bonchev–Trinajstić information content (AvgIpc) is 1.96. The first-order valence-corrected chi connectivity index (χ1v) is 3.85. The van der Waals surface area contributed by atoms with Crippen LogP contribution in [0.1, 0.15) is 16.7 Å². The van der Waals surface area contributed by atoms with Crippen LogP contribution in [-0.4, -0.2) is 12.7 Å². The van der Waals surface area contributed by atoms with Gasteiger partial charge in [-0.1, -0.05) is 17.7 Å². The fourth-order valence-corrected chi connectivity index (χ4v) is 1.41. The quantitative estimate of drug-likeness (QED) is 0.669. The summed E-state index contributed by atoms with van der Waals surface area (Å²) in [5, 5.41) is 8.49. The smallest absolute Gasteiger partial charge is 0.537 e. The second-order valence-corrected chi connectivity index (χ2v) is 2.95. The van der Waals surface area contributed by atoms with Crippen LogP contribution >= 0.6 is 0 Å². The second kappa shape index (κ2) is 3.63. The molecular formula is C9H12BO2. The molecule has 1 radical (unpaired) electrons. The molecule has 0 heterocycles. The Morgan fingerprint density at radius 2 is 1.67 bits per heavy atom. The van der Waals surface area contributed by atoms with Gasteiger partial charge in [-0.25, -0.2) is 0 Å². The van der Waals surface area contributed by atoms with Gasteiger partial charge < -0.3 is 9.68 Å². The van der Waals surface area contributed by atoms with Crippen LogP contribution in [0.3, 0.4) is 0 Å². The van der Waals surface area contributed by atoms with E-state index >= 15 is 0 Å². The van der Waals surface area contributed by atoms with Crippen molar-refractivity contribution >= 4 is 7.69 Å². The highest BCUT2D eigenvalue weighted by atomic mass is 16.5. The van der Waals surface area contributed by atoms with Gasteiger partial charge >= 0.3 is 7.69 Å². The molecule has 3 heteroatoms. The van der Waals surface area contributed by atoms with Crippen LogP contribution in [0.15, 0.2) is 12.1 Å². The van der Waals surface area contributed by atoms with Crippen LogP contribution in [0.5, 0.6) is 5.75 Å². The molecule has 0 aliphatic heterocycles. The van der Waals surface area contributed by atoms with E-state index in [0.717, 1.165) is 16.9 Å². The first-order chi connectivity index (χ1) is 5.65. The Balaban J connectivity index is 3.10. The van der Waals surface area contributed by atoms with Crippen molar-refractivity contribution in [2.24, 2.45) is 0 Å². The summed E-state index contributed by atoms with van der Waals surface area (Å²) in [7, 11) is 0.713. The van der Waals surface area contributed by atoms with Crippen molar-refractivity contribution in [1.82, 2.24) is 0 Å². The molecular weight excluding hydrogens is 151 g/mol. The van der Waals surface area contributed by atoms with Crippen LogP contribution in [0, 0.1) is 20.8 Å². The summed E-state index contributed by atoms with van der Waals surface area (Å²) in [5.74, 6) is 0.739. The van der Waals surface area contributed by atoms with Crippen molar-refractivity contribution in [1.29, 1.82) is 0 Å². The van der Waals surface area contributed by atoms with Crippen LogP contribution in [0.4, 0.5) is 0 Å². The van der Waals surface area contributed by atoms with Gasteiger partial charge in [0.1, 0.15) is 5.75 Å². The Morgan fingerprint density at radius 1 is 1.17 bits per heavy atom. The Bertz CT molecular complexity index is 261. The number of benzene rings is 1. The molecule has 1 aromatic carbocycles. The molecule has 0 saturated carbocycles. The molecule has 0 fully saturated rings. The average molecular weight is 163 g/mol. The molecule has 0 saturated heterocycles. The monoisotopic (exact) mass is 163 g/mol. The van der Waals surface area contributed by atoms with E-state index in [1.165, 1.54) is 5.56 Å². The second-order valence-electron chi connectivity index (χ2n) is 2.95. The maximum absolute atomic E-state index is 8.49. The molecule has 12 heavy (non-hydrogen) atoms. The summed E-state index contributed by atoms with van der Waals surface area (Å²) in [6.45, 7) is 5.95. The van der Waals surface area contributed by atoms with Crippen LogP contribution in [0.25, 0.3) is 0 Å². The molecule has 1 aromatic rings. The lowest BCUT2D eigenvalue weighted by Gasteiger charge is -2.10. The van der Waals surface area contributed by atoms with Crippen LogP contribution in [-0.2, 0) is 0 Å². The van der Waals surface area contributed by atoms with Crippen molar-refractivity contribution in [2.45, 2.75) is 20.8 Å². The van der Waals surface area contributed by atoms with E-state index in [-0.39, 0.29) is 0 Å². The maximum Gasteiger partial charge on any atom is 0.569 e. The third-order valence-corrected chi connectivity index (χ3v) is 1.78. The molecule has 2 nitrogen and oxygen atoms in total. The molecule has 0 spiro atoms. The molecule has 0 bridgehead atoms. The summed E-state index contributed by atoms with van der Waals surface area (Å²) in [6.07, 6.45) is 0. The minimum Gasteiger partial charge on any atom is -0.537 e. The van der Waals surface area contributed by atoms with Gasteiger partial charge in [-0.3, -0.25) is 0 Å². The van der Waals surface area contributed by atoms with Crippen molar-refractivity contribution in [3.63, 3.8) is 0 Å². The van der Waals surface area contributed by atoms with Crippen molar-refractivity contribution < 1.29 is 9.68 Å². The maximum atomic E-state index is 8.49. The van der Waals surface area contributed by atoms with Crippen LogP contribution in [0.2, 0.25) is 0 Å². The van der Waals surface area contributed by atoms with Gasteiger partial charge in [0.2, 0.25) is 0 Å². The highest BCUT2D eigenvalue weighted by Crippen LogP contribution is 2.23. The van der Waals surface area contributed by atoms with Gasteiger partial charge in [-0.05, 0) is 31.9 Å². The Labute approximate surface area is 73.5 Å². The molecule has 0 aliphatic rings. The zero-order chi connectivity index (χ0) is 9.14. The van der Waals surface area contributed by atoms with Gasteiger partial charge in [0.25, 0.3) is 0 Å². The largest absolute Gasteiger partial charge is 0.569 e. The summed E-state index contributed by atoms with van der Waals surface area (Å²) in [6, 6.07) is 4.04. The van der Waals surface area contributed by atoms with Gasteiger partial charge in [-0.15, -0.1) is 0 Å². The normalized spacial score (nSPS) is 9.67. The minimum absolute atomic E-state index is 0.713. The van der Waals surface area contributed by atoms with E-state index in [4.69, 9.17) is 9.68 Å². The standard InChI is InChI=1S/C9H12BO2/c1-6-4-7(2)9(12-10-11)8(3)5-6/h4-5,11H,1-3H3. The third-order valence-electron chi connectivity index (χ3n) is 1.78. The summed E-state index contributed by atoms with van der Waals surface area (Å²) < 4.78 is 4.95. The first kappa shape index (κ1) is 9.14. The lowest BCUT2D eigenvalue weighted by molar-refractivity contribution is 0.449. The Hall–Kier alpha value is -0.955. The van der Waals surface area contributed by atoms with E-state index in [0.29, 0.717) is 7.69 Å². The lowest BCUT2D eigenvalue weighted by atomic mass is 10.1. The molecule has 0 aromatic heterocycles. The van der Waals surface area contributed by atoms with Gasteiger partial charge in [-0.2, -0.15) is 0 Å². The first-order valence-electron chi connectivity index (χ1n) is 3.85. The Morgan fingerprint density at radius 3 is 2.08 bits per heavy atom. The zero-order valence-electron chi connectivity index (χ0n) is 7.59. The number of hydrogen-bond donors (Lipinski definition) is 1. The van der Waals surface area contributed by atoms with E-state index in [9.17, 15) is 0 Å². The predicted molar refractivity (Wildman–Crippen MR) is 49.3 cm³/mol. The molecule has 0 atom stereocenters. The number of hydrogen-bond acceptors (Lipinski definition) is 2. The van der Waals surface area contributed by atoms with E-state index in [1.807, 2.05) is 32.9 Å². The molecule has 0 aliphatic carbocycles. The SMILES string of the molecule is Cc1cc(C)c(O[B]O)c(C)c1. The van der Waals surface area contributed by atoms with Crippen LogP contribution < -0.4 is 4.65 Å². The van der Waals surface area contributed by atoms with E-state index in [2.05, 4.69) is 0 Å². The topological polar surface area (TPSA) is 29.5 Å². The summed E-state index contributed by atoms with van der Waals surface area (Å²) in [5.41, 5.74) is 3.28. The van der Waals surface area contributed by atoms with Crippen molar-refractivity contribution in [3.8, 4) is 5.75 Å². The Kier molecular flexibility index (Phi) is 2.76. The molecule has 63 valence electrons. The van der Waals surface area contributed by atoms with E-state index in [1.54, 1.807) is 0 Å². The number of aryl methyl sites for hydroxylation is 3. The highest BCUT2D eigenvalue weighted by molar-refractivity contribution is 6.17. The van der Waals surface area contributed by atoms with Gasteiger partial charge in [0, 0.05) is 0 Å². The molecule has 0 amide bonds. The third kappa shape index (κ3) is 1.80. The van der Waals surface area contributed by atoms with E-state index < -0.39 is 0 Å². The molecule has 1 N–H and O–H groups in total. The zero-order valence-corrected chi connectivity index (χ0v) is 7.59. The predicted octanol–water partition coefficient (Wildman–Crippen LogP) is 1.52. The van der Waals surface area contributed by atoms with Gasteiger partial charge in [0.15, 0.2) is 0 Å². The van der Waals surface area contributed by atoms with Gasteiger partial charge in [0.05, 0.1) is 0 Å². The molecule has 1 rings (SSSR count).